The Morgan fingerprint density at radius 3 is 2.88 bits per heavy atom. The van der Waals surface area contributed by atoms with Gasteiger partial charge in [0, 0.05) is 30.3 Å². The fourth-order valence-corrected chi connectivity index (χ4v) is 2.83. The van der Waals surface area contributed by atoms with Gasteiger partial charge in [0.1, 0.15) is 5.82 Å². The summed E-state index contributed by atoms with van der Waals surface area (Å²) >= 11 is 1.55. The van der Waals surface area contributed by atoms with Gasteiger partial charge in [-0.25, -0.2) is 4.39 Å². The van der Waals surface area contributed by atoms with Gasteiger partial charge in [-0.3, -0.25) is 4.79 Å². The van der Waals surface area contributed by atoms with Crippen LogP contribution in [-0.4, -0.2) is 22.6 Å². The van der Waals surface area contributed by atoms with E-state index in [0.29, 0.717) is 36.7 Å². The summed E-state index contributed by atoms with van der Waals surface area (Å²) in [7, 11) is 0. The fraction of sp³-hybridized carbons (Fsp3) is 0.235. The molecule has 1 aromatic carbocycles. The number of carbonyl (C=O) groups excluding carboxylic acids is 1. The zero-order valence-corrected chi connectivity index (χ0v) is 13.7. The third-order valence-corrected chi connectivity index (χ3v) is 4.16. The number of rotatable bonds is 7. The Morgan fingerprint density at radius 1 is 1.21 bits per heavy atom. The molecule has 3 rings (SSSR count). The van der Waals surface area contributed by atoms with Crippen molar-refractivity contribution in [1.29, 1.82) is 0 Å². The van der Waals surface area contributed by atoms with E-state index in [1.165, 1.54) is 6.07 Å². The third kappa shape index (κ3) is 4.26. The van der Waals surface area contributed by atoms with E-state index in [9.17, 15) is 9.18 Å². The molecule has 0 fully saturated rings. The number of thiophene rings is 1. The number of aryl methyl sites for hydroxylation is 1. The second-order valence-electron chi connectivity index (χ2n) is 5.20. The molecule has 1 N–H and O–H groups in total. The van der Waals surface area contributed by atoms with E-state index in [-0.39, 0.29) is 18.1 Å². The predicted octanol–water partition coefficient (Wildman–Crippen LogP) is 3.23. The van der Waals surface area contributed by atoms with Gasteiger partial charge >= 0.3 is 0 Å². The van der Waals surface area contributed by atoms with Crippen molar-refractivity contribution in [2.75, 3.05) is 6.54 Å². The van der Waals surface area contributed by atoms with Gasteiger partial charge in [0.25, 0.3) is 0 Å². The van der Waals surface area contributed by atoms with Crippen LogP contribution in [0.15, 0.2) is 45.5 Å². The standard InChI is InChI=1S/C17H16FN3O2S/c18-14-4-2-1-3-12(14)7-9-19-15(22)5-6-16-20-21-17(23-16)13-8-10-24-11-13/h1-4,8,10-11H,5-7,9H2,(H,19,22). The molecule has 2 aromatic heterocycles. The highest BCUT2D eigenvalue weighted by molar-refractivity contribution is 7.08. The van der Waals surface area contributed by atoms with Crippen LogP contribution in [0, 0.1) is 5.82 Å². The molecular formula is C17H16FN3O2S. The number of benzene rings is 1. The van der Waals surface area contributed by atoms with E-state index in [4.69, 9.17) is 4.42 Å². The number of hydrogen-bond donors (Lipinski definition) is 1. The lowest BCUT2D eigenvalue weighted by Crippen LogP contribution is -2.26. The highest BCUT2D eigenvalue weighted by atomic mass is 32.1. The van der Waals surface area contributed by atoms with Crippen LogP contribution in [0.5, 0.6) is 0 Å². The van der Waals surface area contributed by atoms with Crippen LogP contribution in [-0.2, 0) is 17.6 Å². The maximum atomic E-state index is 13.5. The van der Waals surface area contributed by atoms with Gasteiger partial charge in [-0.1, -0.05) is 18.2 Å². The summed E-state index contributed by atoms with van der Waals surface area (Å²) in [5, 5.41) is 14.5. The topological polar surface area (TPSA) is 68.0 Å². The van der Waals surface area contributed by atoms with Crippen molar-refractivity contribution in [2.45, 2.75) is 19.3 Å². The molecule has 0 unspecified atom stereocenters. The number of halogens is 1. The van der Waals surface area contributed by atoms with Gasteiger partial charge in [-0.15, -0.1) is 10.2 Å². The van der Waals surface area contributed by atoms with Gasteiger partial charge in [0.05, 0.1) is 0 Å². The van der Waals surface area contributed by atoms with Crippen LogP contribution in [0.2, 0.25) is 0 Å². The van der Waals surface area contributed by atoms with E-state index in [0.717, 1.165) is 5.56 Å². The number of carbonyl (C=O) groups is 1. The van der Waals surface area contributed by atoms with Crippen LogP contribution < -0.4 is 5.32 Å². The molecule has 0 saturated heterocycles. The Hall–Kier alpha value is -2.54. The minimum Gasteiger partial charge on any atom is -0.421 e. The van der Waals surface area contributed by atoms with E-state index in [1.54, 1.807) is 29.5 Å². The monoisotopic (exact) mass is 345 g/mol. The smallest absolute Gasteiger partial charge is 0.248 e. The summed E-state index contributed by atoms with van der Waals surface area (Å²) < 4.78 is 19.0. The summed E-state index contributed by atoms with van der Waals surface area (Å²) in [6.07, 6.45) is 1.09. The largest absolute Gasteiger partial charge is 0.421 e. The Morgan fingerprint density at radius 2 is 2.08 bits per heavy atom. The van der Waals surface area contributed by atoms with Gasteiger partial charge in [0.15, 0.2) is 0 Å². The van der Waals surface area contributed by atoms with E-state index in [1.807, 2.05) is 16.8 Å². The molecule has 1 amide bonds. The molecule has 0 aliphatic carbocycles. The first-order valence-corrected chi connectivity index (χ1v) is 8.52. The molecule has 5 nitrogen and oxygen atoms in total. The average molecular weight is 345 g/mol. The molecule has 3 aromatic rings. The molecule has 7 heteroatoms. The highest BCUT2D eigenvalue weighted by Gasteiger charge is 2.11. The number of nitrogens with one attached hydrogen (secondary N) is 1. The van der Waals surface area contributed by atoms with Crippen LogP contribution in [0.1, 0.15) is 17.9 Å². The fourth-order valence-electron chi connectivity index (χ4n) is 2.20. The molecule has 0 bridgehead atoms. The Bertz CT molecular complexity index is 802. The SMILES string of the molecule is O=C(CCc1nnc(-c2ccsc2)o1)NCCc1ccccc1F. The van der Waals surface area contributed by atoms with Crippen molar-refractivity contribution in [1.82, 2.24) is 15.5 Å². The third-order valence-electron chi connectivity index (χ3n) is 3.48. The van der Waals surface area contributed by atoms with Gasteiger partial charge in [0.2, 0.25) is 17.7 Å². The first kappa shape index (κ1) is 16.3. The van der Waals surface area contributed by atoms with Crippen LogP contribution in [0.3, 0.4) is 0 Å². The molecule has 0 radical (unpaired) electrons. The maximum Gasteiger partial charge on any atom is 0.248 e. The van der Waals surface area contributed by atoms with Crippen molar-refractivity contribution < 1.29 is 13.6 Å². The maximum absolute atomic E-state index is 13.5. The van der Waals surface area contributed by atoms with Gasteiger partial charge in [-0.05, 0) is 29.5 Å². The van der Waals surface area contributed by atoms with Crippen molar-refractivity contribution in [2.24, 2.45) is 0 Å². The Labute approximate surface area is 142 Å². The molecule has 24 heavy (non-hydrogen) atoms. The molecule has 0 saturated carbocycles. The first-order valence-electron chi connectivity index (χ1n) is 7.57. The highest BCUT2D eigenvalue weighted by Crippen LogP contribution is 2.20. The number of hydrogen-bond acceptors (Lipinski definition) is 5. The second kappa shape index (κ2) is 7.83. The molecular weight excluding hydrogens is 329 g/mol. The Balaban J connectivity index is 1.42. The van der Waals surface area contributed by atoms with E-state index >= 15 is 0 Å². The van der Waals surface area contributed by atoms with Crippen molar-refractivity contribution in [3.63, 3.8) is 0 Å². The van der Waals surface area contributed by atoms with Crippen molar-refractivity contribution in [3.05, 3.63) is 58.4 Å². The van der Waals surface area contributed by atoms with Crippen molar-refractivity contribution in [3.8, 4) is 11.5 Å². The molecule has 124 valence electrons. The summed E-state index contributed by atoms with van der Waals surface area (Å²) in [5.41, 5.74) is 1.48. The van der Waals surface area contributed by atoms with Gasteiger partial charge < -0.3 is 9.73 Å². The number of nitrogens with zero attached hydrogens (tertiary/aromatic N) is 2. The van der Waals surface area contributed by atoms with E-state index < -0.39 is 0 Å². The van der Waals surface area contributed by atoms with Crippen molar-refractivity contribution >= 4 is 17.2 Å². The lowest BCUT2D eigenvalue weighted by molar-refractivity contribution is -0.121. The lowest BCUT2D eigenvalue weighted by atomic mass is 10.1. The van der Waals surface area contributed by atoms with E-state index in [2.05, 4.69) is 15.5 Å². The van der Waals surface area contributed by atoms with Crippen LogP contribution in [0.4, 0.5) is 4.39 Å². The summed E-state index contributed by atoms with van der Waals surface area (Å²) in [6, 6.07) is 8.45. The number of aromatic nitrogens is 2. The summed E-state index contributed by atoms with van der Waals surface area (Å²) in [6.45, 7) is 0.393. The summed E-state index contributed by atoms with van der Waals surface area (Å²) in [5.74, 6) is 0.520. The molecule has 0 spiro atoms. The van der Waals surface area contributed by atoms with Crippen LogP contribution in [0.25, 0.3) is 11.5 Å². The minimum atomic E-state index is -0.251. The zero-order chi connectivity index (χ0) is 16.8. The molecule has 0 atom stereocenters. The van der Waals surface area contributed by atoms with Gasteiger partial charge in [-0.2, -0.15) is 11.3 Å². The second-order valence-corrected chi connectivity index (χ2v) is 5.98. The average Bonchev–Trinajstić information content (AvgIpc) is 3.26. The quantitative estimate of drug-likeness (QED) is 0.714. The molecule has 2 heterocycles. The normalized spacial score (nSPS) is 10.7. The van der Waals surface area contributed by atoms with Crippen LogP contribution >= 0.6 is 11.3 Å². The first-order chi connectivity index (χ1) is 11.7. The molecule has 0 aliphatic heterocycles. The lowest BCUT2D eigenvalue weighted by Gasteiger charge is -2.05. The minimum absolute atomic E-state index is 0.123. The number of amides is 1. The molecule has 0 aliphatic rings. The summed E-state index contributed by atoms with van der Waals surface area (Å²) in [4.78, 5) is 11.8. The Kier molecular flexibility index (Phi) is 5.32. The predicted molar refractivity (Wildman–Crippen MR) is 89.0 cm³/mol. The zero-order valence-electron chi connectivity index (χ0n) is 12.9.